The molecule has 184 valence electrons. The highest BCUT2D eigenvalue weighted by atomic mass is 35.5. The van der Waals surface area contributed by atoms with E-state index >= 15 is 0 Å². The Labute approximate surface area is 206 Å². The van der Waals surface area contributed by atoms with Crippen LogP contribution < -0.4 is 24.4 Å². The standard InChI is InChI=1S/C22H21ClN4O7S/c1-32-20-10-14(11-21(33-2)22(20)34-3)13-24-25-18-9-8-17(12-19(18)27(28)29)35(30,31)26-16-6-4-15(23)5-7-16/h4-13,25-26H,1-3H3/b24-13-. The third-order valence-electron chi connectivity index (χ3n) is 4.66. The number of benzene rings is 3. The summed E-state index contributed by atoms with van der Waals surface area (Å²) in [7, 11) is 0.327. The van der Waals surface area contributed by atoms with Crippen LogP contribution >= 0.6 is 11.6 Å². The molecule has 35 heavy (non-hydrogen) atoms. The van der Waals surface area contributed by atoms with Crippen LogP contribution in [0.25, 0.3) is 0 Å². The minimum Gasteiger partial charge on any atom is -0.493 e. The van der Waals surface area contributed by atoms with Gasteiger partial charge in [-0.25, -0.2) is 8.42 Å². The van der Waals surface area contributed by atoms with E-state index in [1.807, 2.05) is 0 Å². The molecule has 11 nitrogen and oxygen atoms in total. The van der Waals surface area contributed by atoms with Gasteiger partial charge in [0.15, 0.2) is 11.5 Å². The molecule has 0 bridgehead atoms. The van der Waals surface area contributed by atoms with Crippen molar-refractivity contribution in [1.29, 1.82) is 0 Å². The number of methoxy groups -OCH3 is 3. The molecule has 0 radical (unpaired) electrons. The topological polar surface area (TPSA) is 141 Å². The second-order valence-corrected chi connectivity index (χ2v) is 9.00. The molecule has 0 fully saturated rings. The fraction of sp³-hybridized carbons (Fsp3) is 0.136. The molecule has 0 saturated carbocycles. The molecule has 2 N–H and O–H groups in total. The normalized spacial score (nSPS) is 11.2. The van der Waals surface area contributed by atoms with Crippen LogP contribution in [0, 0.1) is 10.1 Å². The zero-order valence-corrected chi connectivity index (χ0v) is 20.4. The van der Waals surface area contributed by atoms with Crippen LogP contribution in [-0.2, 0) is 10.0 Å². The molecule has 0 saturated heterocycles. The molecule has 0 heterocycles. The first-order chi connectivity index (χ1) is 16.7. The maximum absolute atomic E-state index is 12.7. The summed E-state index contributed by atoms with van der Waals surface area (Å²) in [5, 5.41) is 16.1. The minimum absolute atomic E-state index is 0.0101. The third-order valence-corrected chi connectivity index (χ3v) is 6.29. The Bertz CT molecular complexity index is 1340. The molecule has 0 aliphatic heterocycles. The summed E-state index contributed by atoms with van der Waals surface area (Å²) in [6.45, 7) is 0. The number of rotatable bonds is 10. The molecule has 13 heteroatoms. The maximum Gasteiger partial charge on any atom is 0.295 e. The van der Waals surface area contributed by atoms with Crippen molar-refractivity contribution < 1.29 is 27.6 Å². The molecule has 0 atom stereocenters. The van der Waals surface area contributed by atoms with E-state index in [1.54, 1.807) is 12.1 Å². The van der Waals surface area contributed by atoms with Crippen molar-refractivity contribution in [3.8, 4) is 17.2 Å². The molecule has 0 spiro atoms. The van der Waals surface area contributed by atoms with Crippen molar-refractivity contribution in [2.75, 3.05) is 31.5 Å². The number of hydrazone groups is 1. The molecule has 0 aliphatic rings. The summed E-state index contributed by atoms with van der Waals surface area (Å²) >= 11 is 5.81. The monoisotopic (exact) mass is 520 g/mol. The van der Waals surface area contributed by atoms with Gasteiger partial charge in [-0.15, -0.1) is 0 Å². The van der Waals surface area contributed by atoms with Gasteiger partial charge in [-0.1, -0.05) is 11.6 Å². The van der Waals surface area contributed by atoms with Gasteiger partial charge in [0.25, 0.3) is 15.7 Å². The number of nitrogens with one attached hydrogen (secondary N) is 2. The smallest absolute Gasteiger partial charge is 0.295 e. The van der Waals surface area contributed by atoms with Crippen molar-refractivity contribution in [2.24, 2.45) is 5.10 Å². The molecule has 3 aromatic carbocycles. The molecule has 0 unspecified atom stereocenters. The average molecular weight is 521 g/mol. The first-order valence-corrected chi connectivity index (χ1v) is 11.7. The Hall–Kier alpha value is -4.03. The first-order valence-electron chi connectivity index (χ1n) is 9.84. The van der Waals surface area contributed by atoms with Gasteiger partial charge in [-0.05, 0) is 48.5 Å². The Morgan fingerprint density at radius 1 is 0.971 bits per heavy atom. The summed E-state index contributed by atoms with van der Waals surface area (Å²) < 4.78 is 43.6. The van der Waals surface area contributed by atoms with Crippen molar-refractivity contribution in [1.82, 2.24) is 0 Å². The number of sulfonamides is 1. The van der Waals surface area contributed by atoms with Gasteiger partial charge in [0.05, 0.1) is 37.4 Å². The van der Waals surface area contributed by atoms with E-state index < -0.39 is 20.6 Å². The van der Waals surface area contributed by atoms with Crippen LogP contribution in [0.2, 0.25) is 5.02 Å². The van der Waals surface area contributed by atoms with E-state index in [1.165, 1.54) is 63.9 Å². The number of nitro groups is 1. The molecular formula is C22H21ClN4O7S. The second kappa shape index (κ2) is 10.9. The fourth-order valence-electron chi connectivity index (χ4n) is 3.01. The fourth-order valence-corrected chi connectivity index (χ4v) is 4.21. The largest absolute Gasteiger partial charge is 0.493 e. The molecule has 0 aliphatic carbocycles. The van der Waals surface area contributed by atoms with Crippen LogP contribution in [0.4, 0.5) is 17.1 Å². The summed E-state index contributed by atoms with van der Waals surface area (Å²) in [6.07, 6.45) is 1.39. The molecule has 3 rings (SSSR count). The molecule has 3 aromatic rings. The van der Waals surface area contributed by atoms with Gasteiger partial charge in [0, 0.05) is 22.3 Å². The second-order valence-electron chi connectivity index (χ2n) is 6.88. The number of hydrogen-bond acceptors (Lipinski definition) is 9. The zero-order chi connectivity index (χ0) is 25.6. The van der Waals surface area contributed by atoms with Crippen molar-refractivity contribution in [3.63, 3.8) is 0 Å². The number of hydrogen-bond donors (Lipinski definition) is 2. The van der Waals surface area contributed by atoms with E-state index in [0.29, 0.717) is 27.8 Å². The summed E-state index contributed by atoms with van der Waals surface area (Å²) in [6, 6.07) is 12.7. The summed E-state index contributed by atoms with van der Waals surface area (Å²) in [5.74, 6) is 1.21. The predicted molar refractivity (Wildman–Crippen MR) is 133 cm³/mol. The van der Waals surface area contributed by atoms with Gasteiger partial charge in [0.1, 0.15) is 5.69 Å². The van der Waals surface area contributed by atoms with E-state index in [2.05, 4.69) is 15.2 Å². The van der Waals surface area contributed by atoms with Crippen molar-refractivity contribution in [2.45, 2.75) is 4.90 Å². The van der Waals surface area contributed by atoms with Gasteiger partial charge < -0.3 is 14.2 Å². The van der Waals surface area contributed by atoms with E-state index in [4.69, 9.17) is 25.8 Å². The number of nitrogens with zero attached hydrogens (tertiary/aromatic N) is 2. The predicted octanol–water partition coefficient (Wildman–Crippen LogP) is 4.52. The van der Waals surface area contributed by atoms with E-state index in [0.717, 1.165) is 6.07 Å². The quantitative estimate of drug-likeness (QED) is 0.226. The summed E-state index contributed by atoms with van der Waals surface area (Å²) in [5.41, 5.74) is 2.89. The number of anilines is 2. The Morgan fingerprint density at radius 3 is 2.14 bits per heavy atom. The minimum atomic E-state index is -4.09. The number of halogens is 1. The van der Waals surface area contributed by atoms with Crippen LogP contribution in [0.3, 0.4) is 0 Å². The summed E-state index contributed by atoms with van der Waals surface area (Å²) in [4.78, 5) is 10.6. The van der Waals surface area contributed by atoms with Crippen LogP contribution in [0.1, 0.15) is 5.56 Å². The third kappa shape index (κ3) is 6.11. The van der Waals surface area contributed by atoms with Crippen molar-refractivity contribution >= 4 is 44.9 Å². The van der Waals surface area contributed by atoms with Gasteiger partial charge in [-0.3, -0.25) is 20.3 Å². The van der Waals surface area contributed by atoms with Gasteiger partial charge >= 0.3 is 0 Å². The lowest BCUT2D eigenvalue weighted by molar-refractivity contribution is -0.384. The van der Waals surface area contributed by atoms with Crippen LogP contribution in [0.5, 0.6) is 17.2 Å². The van der Waals surface area contributed by atoms with E-state index in [-0.39, 0.29) is 16.3 Å². The van der Waals surface area contributed by atoms with Gasteiger partial charge in [0.2, 0.25) is 5.75 Å². The Kier molecular flexibility index (Phi) is 7.99. The highest BCUT2D eigenvalue weighted by Gasteiger charge is 2.22. The van der Waals surface area contributed by atoms with Crippen LogP contribution in [-0.4, -0.2) is 40.9 Å². The zero-order valence-electron chi connectivity index (χ0n) is 18.8. The number of ether oxygens (including phenoxy) is 3. The maximum atomic E-state index is 12.7. The lowest BCUT2D eigenvalue weighted by Crippen LogP contribution is -2.13. The average Bonchev–Trinajstić information content (AvgIpc) is 2.84. The lowest BCUT2D eigenvalue weighted by atomic mass is 10.2. The highest BCUT2D eigenvalue weighted by molar-refractivity contribution is 7.92. The number of nitro benzene ring substituents is 1. The molecule has 0 amide bonds. The lowest BCUT2D eigenvalue weighted by Gasteiger charge is -2.12. The molecule has 0 aromatic heterocycles. The SMILES string of the molecule is COc1cc(/C=N\Nc2ccc(S(=O)(=O)Nc3ccc(Cl)cc3)cc2[N+](=O)[O-])cc(OC)c1OC. The highest BCUT2D eigenvalue weighted by Crippen LogP contribution is 2.37. The first kappa shape index (κ1) is 25.6. The van der Waals surface area contributed by atoms with Crippen molar-refractivity contribution in [3.05, 3.63) is 75.3 Å². The molecular weight excluding hydrogens is 500 g/mol. The van der Waals surface area contributed by atoms with E-state index in [9.17, 15) is 18.5 Å². The van der Waals surface area contributed by atoms with Gasteiger partial charge in [-0.2, -0.15) is 5.10 Å². The Morgan fingerprint density at radius 2 is 1.60 bits per heavy atom. The van der Waals surface area contributed by atoms with Crippen LogP contribution in [0.15, 0.2) is 64.6 Å². The Balaban J connectivity index is 1.85.